The van der Waals surface area contributed by atoms with Crippen LogP contribution in [0, 0.1) is 11.3 Å². The Labute approximate surface area is 161 Å². The lowest BCUT2D eigenvalue weighted by Gasteiger charge is -2.40. The van der Waals surface area contributed by atoms with Crippen LogP contribution in [0.25, 0.3) is 0 Å². The molecule has 2 unspecified atom stereocenters. The lowest BCUT2D eigenvalue weighted by atomic mass is 9.86. The standard InChI is InChI=1S/C21H19F3N2O2/c1-28-20(27)19-11-6-16(15-4-7-17(8-5-15)21(22,23)24)13-26(19)18-9-2-14(12-25)3-10-18/h2-5,7-10,16,19H,6,11,13H2,1H3. The molecular weight excluding hydrogens is 369 g/mol. The highest BCUT2D eigenvalue weighted by atomic mass is 19.4. The van der Waals surface area contributed by atoms with Gasteiger partial charge in [-0.15, -0.1) is 0 Å². The number of carbonyl (C=O) groups excluding carboxylic acids is 1. The van der Waals surface area contributed by atoms with Gasteiger partial charge in [0.2, 0.25) is 0 Å². The normalized spacial score (nSPS) is 19.8. The number of anilines is 1. The highest BCUT2D eigenvalue weighted by Gasteiger charge is 2.35. The summed E-state index contributed by atoms with van der Waals surface area (Å²) in [7, 11) is 1.33. The molecule has 0 bridgehead atoms. The van der Waals surface area contributed by atoms with Crippen molar-refractivity contribution in [3.63, 3.8) is 0 Å². The van der Waals surface area contributed by atoms with Crippen LogP contribution in [0.5, 0.6) is 0 Å². The summed E-state index contributed by atoms with van der Waals surface area (Å²) in [5.41, 5.74) is 1.40. The van der Waals surface area contributed by atoms with Crippen molar-refractivity contribution in [1.29, 1.82) is 5.26 Å². The number of piperidine rings is 1. The number of rotatable bonds is 3. The van der Waals surface area contributed by atoms with Gasteiger partial charge in [0.1, 0.15) is 6.04 Å². The van der Waals surface area contributed by atoms with Crippen molar-refractivity contribution < 1.29 is 22.7 Å². The summed E-state index contributed by atoms with van der Waals surface area (Å²) in [5, 5.41) is 8.97. The van der Waals surface area contributed by atoms with Gasteiger partial charge in [-0.2, -0.15) is 18.4 Å². The van der Waals surface area contributed by atoms with E-state index >= 15 is 0 Å². The zero-order valence-corrected chi connectivity index (χ0v) is 15.2. The highest BCUT2D eigenvalue weighted by Crippen LogP contribution is 2.36. The third kappa shape index (κ3) is 4.11. The fraction of sp³-hybridized carbons (Fsp3) is 0.333. The molecule has 28 heavy (non-hydrogen) atoms. The number of hydrogen-bond acceptors (Lipinski definition) is 4. The summed E-state index contributed by atoms with van der Waals surface area (Å²) in [6, 6.07) is 13.7. The smallest absolute Gasteiger partial charge is 0.416 e. The van der Waals surface area contributed by atoms with Gasteiger partial charge < -0.3 is 9.64 Å². The largest absolute Gasteiger partial charge is 0.467 e. The van der Waals surface area contributed by atoms with Crippen LogP contribution in [-0.2, 0) is 15.7 Å². The van der Waals surface area contributed by atoms with Gasteiger partial charge in [0.05, 0.1) is 24.3 Å². The van der Waals surface area contributed by atoms with Crippen LogP contribution in [0.15, 0.2) is 48.5 Å². The topological polar surface area (TPSA) is 53.3 Å². The lowest BCUT2D eigenvalue weighted by Crippen LogP contribution is -2.47. The Morgan fingerprint density at radius 3 is 2.29 bits per heavy atom. The number of methoxy groups -OCH3 is 1. The SMILES string of the molecule is COC(=O)C1CCC(c2ccc(C(F)(F)F)cc2)CN1c1ccc(C#N)cc1. The van der Waals surface area contributed by atoms with Gasteiger partial charge in [-0.25, -0.2) is 4.79 Å². The number of ether oxygens (including phenoxy) is 1. The van der Waals surface area contributed by atoms with Crippen molar-refractivity contribution >= 4 is 11.7 Å². The molecule has 1 fully saturated rings. The maximum Gasteiger partial charge on any atom is 0.416 e. The summed E-state index contributed by atoms with van der Waals surface area (Å²) >= 11 is 0. The number of esters is 1. The molecule has 0 amide bonds. The Bertz CT molecular complexity index is 871. The van der Waals surface area contributed by atoms with E-state index in [0.29, 0.717) is 24.9 Å². The Kier molecular flexibility index (Phi) is 5.59. The van der Waals surface area contributed by atoms with Crippen LogP contribution in [0.2, 0.25) is 0 Å². The second-order valence-electron chi connectivity index (χ2n) is 6.74. The first kappa shape index (κ1) is 19.7. The molecule has 146 valence electrons. The zero-order valence-electron chi connectivity index (χ0n) is 15.2. The first-order valence-electron chi connectivity index (χ1n) is 8.85. The Hall–Kier alpha value is -3.01. The van der Waals surface area contributed by atoms with Crippen LogP contribution in [0.1, 0.15) is 35.4 Å². The van der Waals surface area contributed by atoms with Crippen LogP contribution >= 0.6 is 0 Å². The number of hydrogen-bond donors (Lipinski definition) is 0. The summed E-state index contributed by atoms with van der Waals surface area (Å²) in [5.74, 6) is -0.367. The predicted octanol–water partition coefficient (Wildman–Crippen LogP) is 4.50. The number of benzene rings is 2. The quantitative estimate of drug-likeness (QED) is 0.727. The van der Waals surface area contributed by atoms with E-state index in [9.17, 15) is 18.0 Å². The molecule has 2 aromatic carbocycles. The summed E-state index contributed by atoms with van der Waals surface area (Å²) in [6.07, 6.45) is -3.17. The van der Waals surface area contributed by atoms with E-state index in [4.69, 9.17) is 10.00 Å². The third-order valence-electron chi connectivity index (χ3n) is 5.09. The molecule has 0 saturated carbocycles. The molecule has 2 aromatic rings. The van der Waals surface area contributed by atoms with Gasteiger partial charge in [0, 0.05) is 18.2 Å². The van der Waals surface area contributed by atoms with Gasteiger partial charge in [0.15, 0.2) is 0 Å². The molecule has 4 nitrogen and oxygen atoms in total. The molecule has 1 aliphatic heterocycles. The molecular formula is C21H19F3N2O2. The van der Waals surface area contributed by atoms with Crippen molar-refractivity contribution in [2.45, 2.75) is 31.0 Å². The molecule has 2 atom stereocenters. The molecule has 3 rings (SSSR count). The minimum absolute atomic E-state index is 0.0150. The van der Waals surface area contributed by atoms with E-state index in [1.807, 2.05) is 4.90 Å². The van der Waals surface area contributed by atoms with E-state index in [-0.39, 0.29) is 11.9 Å². The number of nitriles is 1. The van der Waals surface area contributed by atoms with Gasteiger partial charge in [-0.05, 0) is 54.8 Å². The number of halogens is 3. The van der Waals surface area contributed by atoms with E-state index in [2.05, 4.69) is 6.07 Å². The Morgan fingerprint density at radius 1 is 1.11 bits per heavy atom. The molecule has 1 aliphatic rings. The maximum atomic E-state index is 12.8. The van der Waals surface area contributed by atoms with Crippen molar-refractivity contribution in [2.24, 2.45) is 0 Å². The average Bonchev–Trinajstić information content (AvgIpc) is 2.72. The minimum atomic E-state index is -4.37. The first-order valence-corrected chi connectivity index (χ1v) is 8.85. The van der Waals surface area contributed by atoms with Crippen molar-refractivity contribution in [2.75, 3.05) is 18.6 Å². The predicted molar refractivity (Wildman–Crippen MR) is 97.7 cm³/mol. The second-order valence-corrected chi connectivity index (χ2v) is 6.74. The average molecular weight is 388 g/mol. The first-order chi connectivity index (χ1) is 13.3. The van der Waals surface area contributed by atoms with Crippen molar-refractivity contribution in [1.82, 2.24) is 0 Å². The zero-order chi connectivity index (χ0) is 20.3. The number of carbonyl (C=O) groups is 1. The van der Waals surface area contributed by atoms with Crippen LogP contribution in [0.3, 0.4) is 0 Å². The molecule has 0 aromatic heterocycles. The molecule has 1 heterocycles. The fourth-order valence-corrected chi connectivity index (χ4v) is 3.58. The van der Waals surface area contributed by atoms with Crippen molar-refractivity contribution in [3.05, 3.63) is 65.2 Å². The van der Waals surface area contributed by atoms with E-state index in [1.165, 1.54) is 19.2 Å². The van der Waals surface area contributed by atoms with Crippen LogP contribution < -0.4 is 4.90 Å². The van der Waals surface area contributed by atoms with Crippen LogP contribution in [0.4, 0.5) is 18.9 Å². The second kappa shape index (κ2) is 7.93. The van der Waals surface area contributed by atoms with Gasteiger partial charge >= 0.3 is 12.1 Å². The van der Waals surface area contributed by atoms with Gasteiger partial charge in [0.25, 0.3) is 0 Å². The molecule has 0 spiro atoms. The molecule has 7 heteroatoms. The summed E-state index contributed by atoms with van der Waals surface area (Å²) < 4.78 is 43.3. The Morgan fingerprint density at radius 2 is 1.75 bits per heavy atom. The fourth-order valence-electron chi connectivity index (χ4n) is 3.58. The lowest BCUT2D eigenvalue weighted by molar-refractivity contribution is -0.143. The van der Waals surface area contributed by atoms with E-state index < -0.39 is 17.8 Å². The summed E-state index contributed by atoms with van der Waals surface area (Å²) in [4.78, 5) is 14.1. The van der Waals surface area contributed by atoms with E-state index in [0.717, 1.165) is 23.4 Å². The molecule has 0 N–H and O–H groups in total. The highest BCUT2D eigenvalue weighted by molar-refractivity contribution is 5.80. The van der Waals surface area contributed by atoms with E-state index in [1.54, 1.807) is 24.3 Å². The summed E-state index contributed by atoms with van der Waals surface area (Å²) in [6.45, 7) is 0.469. The van der Waals surface area contributed by atoms with Gasteiger partial charge in [-0.3, -0.25) is 0 Å². The third-order valence-corrected chi connectivity index (χ3v) is 5.09. The minimum Gasteiger partial charge on any atom is -0.467 e. The van der Waals surface area contributed by atoms with Crippen LogP contribution in [-0.4, -0.2) is 25.7 Å². The van der Waals surface area contributed by atoms with Gasteiger partial charge in [-0.1, -0.05) is 12.1 Å². The Balaban J connectivity index is 1.86. The monoisotopic (exact) mass is 388 g/mol. The maximum absolute atomic E-state index is 12.8. The molecule has 0 aliphatic carbocycles. The molecule has 1 saturated heterocycles. The van der Waals surface area contributed by atoms with Crippen molar-refractivity contribution in [3.8, 4) is 6.07 Å². The molecule has 0 radical (unpaired) electrons. The number of alkyl halides is 3. The number of nitrogens with zero attached hydrogens (tertiary/aromatic N) is 2.